The number of carbonyl (C=O) groups excluding carboxylic acids is 2. The molecule has 3 aromatic rings. The van der Waals surface area contributed by atoms with Crippen molar-refractivity contribution in [2.24, 2.45) is 0 Å². The maximum Gasteiger partial charge on any atom is 0.301 e. The Morgan fingerprint density at radius 1 is 1.10 bits per heavy atom. The third-order valence-electron chi connectivity index (χ3n) is 4.80. The van der Waals surface area contributed by atoms with Crippen molar-refractivity contribution in [3.05, 3.63) is 87.6 Å². The zero-order chi connectivity index (χ0) is 20.7. The van der Waals surface area contributed by atoms with E-state index >= 15 is 0 Å². The SMILES string of the molecule is Cc1ccc(/C(O)=C2\C(=O)C(=O)N(c3cc(C)on3)[C@H]2c2cccc(Cl)c2)cc1. The number of aryl methyl sites for hydroxylation is 2. The second-order valence-electron chi connectivity index (χ2n) is 6.89. The van der Waals surface area contributed by atoms with Crippen LogP contribution in [0.15, 0.2) is 64.7 Å². The van der Waals surface area contributed by atoms with Gasteiger partial charge in [-0.25, -0.2) is 0 Å². The van der Waals surface area contributed by atoms with Crippen LogP contribution in [-0.2, 0) is 9.59 Å². The first kappa shape index (κ1) is 19.0. The average molecular weight is 409 g/mol. The topological polar surface area (TPSA) is 83.6 Å². The Hall–Kier alpha value is -3.38. The van der Waals surface area contributed by atoms with Gasteiger partial charge in [-0.05, 0) is 31.5 Å². The number of benzene rings is 2. The Labute approximate surface area is 172 Å². The van der Waals surface area contributed by atoms with Gasteiger partial charge in [-0.15, -0.1) is 0 Å². The van der Waals surface area contributed by atoms with Crippen molar-refractivity contribution in [1.29, 1.82) is 0 Å². The lowest BCUT2D eigenvalue weighted by molar-refractivity contribution is -0.132. The molecule has 1 aromatic heterocycles. The Morgan fingerprint density at radius 2 is 1.83 bits per heavy atom. The molecule has 1 N–H and O–H groups in total. The first-order valence-electron chi connectivity index (χ1n) is 8.93. The van der Waals surface area contributed by atoms with Crippen molar-refractivity contribution in [1.82, 2.24) is 5.16 Å². The third-order valence-corrected chi connectivity index (χ3v) is 5.03. The fourth-order valence-corrected chi connectivity index (χ4v) is 3.59. The van der Waals surface area contributed by atoms with Crippen molar-refractivity contribution < 1.29 is 19.2 Å². The fourth-order valence-electron chi connectivity index (χ4n) is 3.39. The Balaban J connectivity index is 1.95. The lowest BCUT2D eigenvalue weighted by atomic mass is 9.95. The van der Waals surface area contributed by atoms with Crippen LogP contribution in [0.5, 0.6) is 0 Å². The van der Waals surface area contributed by atoms with Gasteiger partial charge in [0.05, 0.1) is 11.6 Å². The van der Waals surface area contributed by atoms with E-state index in [0.29, 0.717) is 21.9 Å². The zero-order valence-electron chi connectivity index (χ0n) is 15.7. The molecule has 0 aliphatic carbocycles. The highest BCUT2D eigenvalue weighted by molar-refractivity contribution is 6.51. The van der Waals surface area contributed by atoms with E-state index in [4.69, 9.17) is 16.1 Å². The number of aliphatic hydroxyl groups excluding tert-OH is 1. The number of halogens is 1. The van der Waals surface area contributed by atoms with Gasteiger partial charge in [0.2, 0.25) is 0 Å². The van der Waals surface area contributed by atoms with Crippen molar-refractivity contribution in [3.8, 4) is 0 Å². The predicted octanol–water partition coefficient (Wildman–Crippen LogP) is 4.57. The smallest absolute Gasteiger partial charge is 0.301 e. The lowest BCUT2D eigenvalue weighted by Gasteiger charge is -2.23. The monoisotopic (exact) mass is 408 g/mol. The highest BCUT2D eigenvalue weighted by atomic mass is 35.5. The van der Waals surface area contributed by atoms with Gasteiger partial charge in [0.25, 0.3) is 5.78 Å². The summed E-state index contributed by atoms with van der Waals surface area (Å²) >= 11 is 6.15. The molecule has 1 fully saturated rings. The molecule has 2 aromatic carbocycles. The molecule has 0 radical (unpaired) electrons. The summed E-state index contributed by atoms with van der Waals surface area (Å²) in [6.45, 7) is 3.61. The maximum atomic E-state index is 12.9. The summed E-state index contributed by atoms with van der Waals surface area (Å²) in [5.41, 5.74) is 2.00. The third kappa shape index (κ3) is 3.32. The van der Waals surface area contributed by atoms with Gasteiger partial charge in [0.1, 0.15) is 11.5 Å². The van der Waals surface area contributed by atoms with Crippen LogP contribution in [0.4, 0.5) is 5.82 Å². The van der Waals surface area contributed by atoms with Gasteiger partial charge >= 0.3 is 5.91 Å². The number of anilines is 1. The van der Waals surface area contributed by atoms with Gasteiger partial charge in [-0.1, -0.05) is 58.7 Å². The van der Waals surface area contributed by atoms with Crippen LogP contribution in [0.1, 0.15) is 28.5 Å². The van der Waals surface area contributed by atoms with E-state index in [1.807, 2.05) is 19.1 Å². The van der Waals surface area contributed by atoms with Crippen LogP contribution < -0.4 is 4.90 Å². The number of aliphatic hydroxyl groups is 1. The Kier molecular flexibility index (Phi) is 4.72. The molecule has 1 saturated heterocycles. The van der Waals surface area contributed by atoms with Crippen molar-refractivity contribution in [2.75, 3.05) is 4.90 Å². The maximum absolute atomic E-state index is 12.9. The first-order chi connectivity index (χ1) is 13.9. The predicted molar refractivity (Wildman–Crippen MR) is 109 cm³/mol. The molecule has 1 aliphatic rings. The second-order valence-corrected chi connectivity index (χ2v) is 7.32. The van der Waals surface area contributed by atoms with Crippen LogP contribution in [0.3, 0.4) is 0 Å². The molecule has 146 valence electrons. The van der Waals surface area contributed by atoms with Gasteiger partial charge < -0.3 is 9.63 Å². The van der Waals surface area contributed by atoms with Gasteiger partial charge in [-0.3, -0.25) is 14.5 Å². The van der Waals surface area contributed by atoms with Gasteiger partial charge in [0, 0.05) is 16.7 Å². The van der Waals surface area contributed by atoms with Gasteiger partial charge in [0.15, 0.2) is 5.82 Å². The fraction of sp³-hybridized carbons (Fsp3) is 0.136. The number of hydrogen-bond acceptors (Lipinski definition) is 5. The molecular weight excluding hydrogens is 392 g/mol. The van der Waals surface area contributed by atoms with E-state index in [9.17, 15) is 14.7 Å². The molecule has 7 heteroatoms. The van der Waals surface area contributed by atoms with Crippen LogP contribution in [0, 0.1) is 13.8 Å². The summed E-state index contributed by atoms with van der Waals surface area (Å²) in [5, 5.41) is 15.3. The molecule has 29 heavy (non-hydrogen) atoms. The van der Waals surface area contributed by atoms with Crippen molar-refractivity contribution in [2.45, 2.75) is 19.9 Å². The summed E-state index contributed by atoms with van der Waals surface area (Å²) in [4.78, 5) is 27.1. The summed E-state index contributed by atoms with van der Waals surface area (Å²) in [6.07, 6.45) is 0. The van der Waals surface area contributed by atoms with Crippen LogP contribution in [0.2, 0.25) is 5.02 Å². The number of aromatic nitrogens is 1. The number of ketones is 1. The van der Waals surface area contributed by atoms with E-state index in [2.05, 4.69) is 5.16 Å². The highest BCUT2D eigenvalue weighted by Gasteiger charge is 2.48. The molecule has 1 atom stereocenters. The first-order valence-corrected chi connectivity index (χ1v) is 9.31. The normalized spacial score (nSPS) is 18.4. The minimum absolute atomic E-state index is 0.0261. The van der Waals surface area contributed by atoms with Crippen LogP contribution in [-0.4, -0.2) is 22.0 Å². The molecule has 1 amide bonds. The van der Waals surface area contributed by atoms with Crippen molar-refractivity contribution >= 4 is 34.9 Å². The van der Waals surface area contributed by atoms with E-state index in [0.717, 1.165) is 5.56 Å². The zero-order valence-corrected chi connectivity index (χ0v) is 16.5. The van der Waals surface area contributed by atoms with Crippen LogP contribution in [0.25, 0.3) is 5.76 Å². The highest BCUT2D eigenvalue weighted by Crippen LogP contribution is 2.42. The number of nitrogens with zero attached hydrogens (tertiary/aromatic N) is 2. The minimum atomic E-state index is -0.889. The Morgan fingerprint density at radius 3 is 2.45 bits per heavy atom. The largest absolute Gasteiger partial charge is 0.507 e. The molecule has 0 bridgehead atoms. The van der Waals surface area contributed by atoms with E-state index in [1.165, 1.54) is 4.90 Å². The minimum Gasteiger partial charge on any atom is -0.507 e. The number of amides is 1. The number of rotatable bonds is 3. The summed E-state index contributed by atoms with van der Waals surface area (Å²) in [7, 11) is 0. The van der Waals surface area contributed by atoms with Gasteiger partial charge in [-0.2, -0.15) is 0 Å². The standard InChI is InChI=1S/C22H17ClN2O4/c1-12-6-8-14(9-7-12)20(26)18-19(15-4-3-5-16(23)11-15)25(22(28)21(18)27)17-10-13(2)29-24-17/h3-11,19,26H,1-2H3/b20-18+/t19-/m0/s1. The molecular formula is C22H17ClN2O4. The van der Waals surface area contributed by atoms with Crippen LogP contribution >= 0.6 is 11.6 Å². The molecule has 2 heterocycles. The van der Waals surface area contributed by atoms with Crippen molar-refractivity contribution in [3.63, 3.8) is 0 Å². The summed E-state index contributed by atoms with van der Waals surface area (Å²) in [5.74, 6) is -1.16. The molecule has 4 rings (SSSR count). The Bertz CT molecular complexity index is 1150. The number of carbonyl (C=O) groups is 2. The molecule has 1 aliphatic heterocycles. The van der Waals surface area contributed by atoms with E-state index < -0.39 is 17.7 Å². The number of Topliss-reactive ketones (excluding diaryl/α,β-unsaturated/α-hetero) is 1. The lowest BCUT2D eigenvalue weighted by Crippen LogP contribution is -2.29. The molecule has 0 spiro atoms. The van der Waals surface area contributed by atoms with E-state index in [-0.39, 0.29) is 17.2 Å². The average Bonchev–Trinajstić information content (AvgIpc) is 3.23. The molecule has 0 saturated carbocycles. The summed E-state index contributed by atoms with van der Waals surface area (Å²) in [6, 6.07) is 14.5. The molecule has 0 unspecified atom stereocenters. The quantitative estimate of drug-likeness (QED) is 0.390. The second kappa shape index (κ2) is 7.22. The summed E-state index contributed by atoms with van der Waals surface area (Å²) < 4.78 is 5.10. The number of hydrogen-bond donors (Lipinski definition) is 1. The molecule has 6 nitrogen and oxygen atoms in total. The van der Waals surface area contributed by atoms with E-state index in [1.54, 1.807) is 49.4 Å².